The summed E-state index contributed by atoms with van der Waals surface area (Å²) in [6.45, 7) is 1.37. The predicted molar refractivity (Wildman–Crippen MR) is 81.4 cm³/mol. The van der Waals surface area contributed by atoms with Gasteiger partial charge in [-0.1, -0.05) is 11.6 Å². The zero-order valence-corrected chi connectivity index (χ0v) is 12.7. The highest BCUT2D eigenvalue weighted by Crippen LogP contribution is 2.32. The number of benzene rings is 1. The number of ether oxygens (including phenoxy) is 1. The molecular weight excluding hydrogens is 307 g/mol. The van der Waals surface area contributed by atoms with Gasteiger partial charge in [0.25, 0.3) is 0 Å². The topological polar surface area (TPSA) is 44.9 Å². The summed E-state index contributed by atoms with van der Waals surface area (Å²) in [5.41, 5.74) is 0.605. The highest BCUT2D eigenvalue weighted by atomic mass is 35.5. The molecule has 0 aliphatic rings. The van der Waals surface area contributed by atoms with Gasteiger partial charge in [0.1, 0.15) is 5.82 Å². The summed E-state index contributed by atoms with van der Waals surface area (Å²) < 4.78 is 22.7. The Morgan fingerprint density at radius 2 is 2.09 bits per heavy atom. The van der Waals surface area contributed by atoms with E-state index in [1.807, 2.05) is 27.7 Å². The van der Waals surface area contributed by atoms with Crippen LogP contribution >= 0.6 is 11.6 Å². The van der Waals surface area contributed by atoms with Gasteiger partial charge in [-0.15, -0.1) is 0 Å². The van der Waals surface area contributed by atoms with Crippen molar-refractivity contribution < 1.29 is 9.13 Å². The van der Waals surface area contributed by atoms with E-state index >= 15 is 0 Å². The summed E-state index contributed by atoms with van der Waals surface area (Å²) in [4.78, 5) is 4.29. The van der Waals surface area contributed by atoms with Gasteiger partial charge in [0.15, 0.2) is 11.6 Å². The minimum Gasteiger partial charge on any atom is -0.492 e. The third-order valence-corrected chi connectivity index (χ3v) is 3.59. The zero-order chi connectivity index (χ0) is 15.5. The molecule has 0 N–H and O–H groups in total. The average Bonchev–Trinajstić information content (AvgIpc) is 3.16. The molecule has 2 heterocycles. The lowest BCUT2D eigenvalue weighted by Gasteiger charge is -2.10. The van der Waals surface area contributed by atoms with Crippen LogP contribution in [0.5, 0.6) is 5.75 Å². The Balaban J connectivity index is 1.88. The molecule has 0 atom stereocenters. The van der Waals surface area contributed by atoms with Gasteiger partial charge in [-0.05, 0) is 18.2 Å². The lowest BCUT2D eigenvalue weighted by Crippen LogP contribution is -2.08. The van der Waals surface area contributed by atoms with Gasteiger partial charge in [-0.2, -0.15) is 5.10 Å². The van der Waals surface area contributed by atoms with Crippen LogP contribution in [0.15, 0.2) is 43.0 Å². The molecule has 0 unspecified atom stereocenters. The molecule has 7 heteroatoms. The van der Waals surface area contributed by atoms with E-state index < -0.39 is 5.82 Å². The summed E-state index contributed by atoms with van der Waals surface area (Å²) in [5, 5.41) is 4.38. The standard InChI is InChI=1S/C15H14ClFN4O/c1-22-14-12(16)9-11(10-13(14)17)15-18-4-6-20(15)7-8-21-5-2-3-19-21/h2-6,9-10H,7-8H2,1H3. The van der Waals surface area contributed by atoms with E-state index in [9.17, 15) is 4.39 Å². The second kappa shape index (κ2) is 6.19. The van der Waals surface area contributed by atoms with Gasteiger partial charge in [-0.25, -0.2) is 9.37 Å². The minimum atomic E-state index is -0.508. The van der Waals surface area contributed by atoms with Crippen molar-refractivity contribution in [2.24, 2.45) is 0 Å². The second-order valence-electron chi connectivity index (χ2n) is 4.69. The second-order valence-corrected chi connectivity index (χ2v) is 5.09. The summed E-state index contributed by atoms with van der Waals surface area (Å²) in [6.07, 6.45) is 7.14. The Bertz CT molecular complexity index is 747. The van der Waals surface area contributed by atoms with E-state index in [2.05, 4.69) is 10.1 Å². The Kier molecular flexibility index (Phi) is 4.11. The number of hydrogen-bond acceptors (Lipinski definition) is 3. The Morgan fingerprint density at radius 1 is 1.23 bits per heavy atom. The van der Waals surface area contributed by atoms with Crippen LogP contribution in [0.4, 0.5) is 4.39 Å². The van der Waals surface area contributed by atoms with Crippen molar-refractivity contribution in [3.8, 4) is 17.1 Å². The smallest absolute Gasteiger partial charge is 0.173 e. The van der Waals surface area contributed by atoms with Crippen LogP contribution in [-0.2, 0) is 13.1 Å². The molecule has 0 fully saturated rings. The molecule has 114 valence electrons. The average molecular weight is 321 g/mol. The third kappa shape index (κ3) is 2.82. The molecule has 0 radical (unpaired) electrons. The number of methoxy groups -OCH3 is 1. The quantitative estimate of drug-likeness (QED) is 0.725. The Morgan fingerprint density at radius 3 is 2.77 bits per heavy atom. The molecule has 1 aromatic carbocycles. The Hall–Kier alpha value is -2.34. The fourth-order valence-electron chi connectivity index (χ4n) is 2.28. The number of nitrogens with zero attached hydrogens (tertiary/aromatic N) is 4. The molecule has 0 aliphatic carbocycles. The summed E-state index contributed by atoms with van der Waals surface area (Å²) in [7, 11) is 1.38. The van der Waals surface area contributed by atoms with Crippen LogP contribution in [0.1, 0.15) is 0 Å². The van der Waals surface area contributed by atoms with Crippen molar-refractivity contribution in [2.45, 2.75) is 13.1 Å². The number of aromatic nitrogens is 4. The molecule has 0 saturated heterocycles. The first-order valence-corrected chi connectivity index (χ1v) is 7.09. The van der Waals surface area contributed by atoms with Crippen LogP contribution in [0.2, 0.25) is 5.02 Å². The molecule has 0 spiro atoms. The maximum Gasteiger partial charge on any atom is 0.173 e. The van der Waals surface area contributed by atoms with Gasteiger partial charge in [0.05, 0.1) is 18.7 Å². The first-order valence-electron chi connectivity index (χ1n) is 6.71. The van der Waals surface area contributed by atoms with E-state index in [-0.39, 0.29) is 10.8 Å². The fraction of sp³-hybridized carbons (Fsp3) is 0.200. The van der Waals surface area contributed by atoms with Gasteiger partial charge in [0, 0.05) is 36.9 Å². The molecular formula is C15H14ClFN4O. The van der Waals surface area contributed by atoms with Crippen molar-refractivity contribution in [2.75, 3.05) is 7.11 Å². The van der Waals surface area contributed by atoms with Crippen LogP contribution < -0.4 is 4.74 Å². The fourth-order valence-corrected chi connectivity index (χ4v) is 2.56. The first-order chi connectivity index (χ1) is 10.7. The predicted octanol–water partition coefficient (Wildman–Crippen LogP) is 3.25. The van der Waals surface area contributed by atoms with Crippen molar-refractivity contribution in [1.82, 2.24) is 19.3 Å². The first kappa shape index (κ1) is 14.6. The van der Waals surface area contributed by atoms with Gasteiger partial charge in [-0.3, -0.25) is 4.68 Å². The van der Waals surface area contributed by atoms with Crippen LogP contribution in [0, 0.1) is 5.82 Å². The molecule has 2 aromatic heterocycles. The van der Waals surface area contributed by atoms with Gasteiger partial charge in [0.2, 0.25) is 0 Å². The number of rotatable bonds is 5. The SMILES string of the molecule is COc1c(F)cc(-c2nccn2CCn2cccn2)cc1Cl. The summed E-state index contributed by atoms with van der Waals surface area (Å²) in [5.74, 6) is 0.183. The summed E-state index contributed by atoms with van der Waals surface area (Å²) in [6, 6.07) is 4.89. The highest BCUT2D eigenvalue weighted by Gasteiger charge is 2.14. The normalized spacial score (nSPS) is 10.9. The van der Waals surface area contributed by atoms with E-state index in [0.717, 1.165) is 0 Å². The van der Waals surface area contributed by atoms with Crippen molar-refractivity contribution in [1.29, 1.82) is 0 Å². The minimum absolute atomic E-state index is 0.0417. The molecule has 0 amide bonds. The third-order valence-electron chi connectivity index (χ3n) is 3.31. The van der Waals surface area contributed by atoms with Crippen LogP contribution in [0.3, 0.4) is 0 Å². The molecule has 5 nitrogen and oxygen atoms in total. The van der Waals surface area contributed by atoms with Crippen LogP contribution in [0.25, 0.3) is 11.4 Å². The lowest BCUT2D eigenvalue weighted by atomic mass is 10.2. The molecule has 0 saturated carbocycles. The summed E-state index contributed by atoms with van der Waals surface area (Å²) >= 11 is 6.05. The lowest BCUT2D eigenvalue weighted by molar-refractivity contribution is 0.387. The largest absolute Gasteiger partial charge is 0.492 e. The number of aryl methyl sites for hydroxylation is 2. The number of hydrogen-bond donors (Lipinski definition) is 0. The van der Waals surface area contributed by atoms with Crippen molar-refractivity contribution >= 4 is 11.6 Å². The van der Waals surface area contributed by atoms with Crippen molar-refractivity contribution in [3.05, 3.63) is 53.8 Å². The van der Waals surface area contributed by atoms with Crippen LogP contribution in [-0.4, -0.2) is 26.4 Å². The van der Waals surface area contributed by atoms with Gasteiger partial charge >= 0.3 is 0 Å². The molecule has 3 aromatic rings. The molecule has 22 heavy (non-hydrogen) atoms. The van der Waals surface area contributed by atoms with Crippen molar-refractivity contribution in [3.63, 3.8) is 0 Å². The van der Waals surface area contributed by atoms with E-state index in [1.54, 1.807) is 18.5 Å². The number of halogens is 2. The van der Waals surface area contributed by atoms with Gasteiger partial charge < -0.3 is 9.30 Å². The van der Waals surface area contributed by atoms with E-state index in [4.69, 9.17) is 16.3 Å². The zero-order valence-electron chi connectivity index (χ0n) is 11.9. The Labute approximate surface area is 131 Å². The monoisotopic (exact) mass is 320 g/mol. The highest BCUT2D eigenvalue weighted by molar-refractivity contribution is 6.32. The van der Waals surface area contributed by atoms with E-state index in [0.29, 0.717) is 24.5 Å². The molecule has 0 bridgehead atoms. The maximum atomic E-state index is 14.0. The molecule has 3 rings (SSSR count). The molecule has 0 aliphatic heterocycles. The van der Waals surface area contributed by atoms with E-state index in [1.165, 1.54) is 13.2 Å². The maximum absolute atomic E-state index is 14.0. The number of imidazole rings is 1.